The maximum atomic E-state index is 13.1. The van der Waals surface area contributed by atoms with Gasteiger partial charge in [-0.3, -0.25) is 15.1 Å². The predicted octanol–water partition coefficient (Wildman–Crippen LogP) is 5.38. The van der Waals surface area contributed by atoms with E-state index in [1.54, 1.807) is 0 Å². The number of anilines is 1. The van der Waals surface area contributed by atoms with Gasteiger partial charge in [0.25, 0.3) is 5.91 Å². The van der Waals surface area contributed by atoms with Gasteiger partial charge in [-0.05, 0) is 11.6 Å². The highest BCUT2D eigenvalue weighted by Crippen LogP contribution is 3.02. The number of allylic oxidation sites excluding steroid dienone is 1. The zero-order chi connectivity index (χ0) is 22.3. The van der Waals surface area contributed by atoms with Crippen LogP contribution in [0, 0.1) is 0 Å². The highest BCUT2D eigenvalue weighted by molar-refractivity contribution is 8.45. The molecule has 0 spiro atoms. The number of carbonyl (C=O) groups is 1. The van der Waals surface area contributed by atoms with Crippen LogP contribution in [0.25, 0.3) is 0 Å². The van der Waals surface area contributed by atoms with Gasteiger partial charge in [0.15, 0.2) is 5.82 Å². The van der Waals surface area contributed by atoms with Gasteiger partial charge in [-0.2, -0.15) is 22.7 Å². The molecule has 0 saturated heterocycles. The van der Waals surface area contributed by atoms with Crippen molar-refractivity contribution in [1.82, 2.24) is 15.7 Å². The number of aromatic nitrogens is 2. The second-order valence-electron chi connectivity index (χ2n) is 5.12. The molecule has 0 radical (unpaired) electrons. The van der Waals surface area contributed by atoms with E-state index in [1.165, 1.54) is 10.6 Å². The second kappa shape index (κ2) is 6.46. The topological polar surface area (TPSA) is 106 Å². The number of hydrogen-bond donors (Lipinski definition) is 3. The van der Waals surface area contributed by atoms with Crippen LogP contribution in [0.3, 0.4) is 0 Å². The highest BCUT2D eigenvalue weighted by Gasteiger charge is 2.71. The van der Waals surface area contributed by atoms with Crippen molar-refractivity contribution in [2.24, 2.45) is 10.3 Å². The number of halogens is 8. The lowest BCUT2D eigenvalue weighted by molar-refractivity contribution is -0.139. The summed E-state index contributed by atoms with van der Waals surface area (Å²) in [7, 11) is -10.8. The number of rotatable bonds is 5. The number of hydroxylamine groups is 1. The molecular formula is C11H8F8N6O2S2. The first-order valence-corrected chi connectivity index (χ1v) is 9.52. The van der Waals surface area contributed by atoms with Gasteiger partial charge < -0.3 is 0 Å². The van der Waals surface area contributed by atoms with Crippen molar-refractivity contribution in [1.29, 1.82) is 0 Å². The first-order chi connectivity index (χ1) is 12.9. The maximum absolute atomic E-state index is 13.1. The van der Waals surface area contributed by atoms with Crippen molar-refractivity contribution in [3.63, 3.8) is 0 Å². The van der Waals surface area contributed by atoms with E-state index in [4.69, 9.17) is 5.21 Å². The molecule has 0 aliphatic carbocycles. The maximum Gasteiger partial charge on any atom is 0.423 e. The van der Waals surface area contributed by atoms with Crippen molar-refractivity contribution in [2.45, 2.75) is 11.2 Å². The molecule has 29 heavy (non-hydrogen) atoms. The number of nitrogens with zero attached hydrogens (tertiary/aromatic N) is 4. The van der Waals surface area contributed by atoms with E-state index < -0.39 is 38.7 Å². The minimum Gasteiger partial charge on any atom is -0.288 e. The van der Waals surface area contributed by atoms with E-state index in [1.807, 2.05) is 0 Å². The summed E-state index contributed by atoms with van der Waals surface area (Å²) in [6, 6.07) is 0. The second-order valence-corrected chi connectivity index (χ2v) is 8.24. The number of carbonyl (C=O) groups excluding carboxylic acids is 1. The van der Waals surface area contributed by atoms with Gasteiger partial charge in [0.2, 0.25) is 5.03 Å². The van der Waals surface area contributed by atoms with E-state index in [2.05, 4.69) is 22.0 Å². The van der Waals surface area contributed by atoms with E-state index >= 15 is 0 Å². The van der Waals surface area contributed by atoms with Gasteiger partial charge in [-0.15, -0.1) is 5.11 Å². The van der Waals surface area contributed by atoms with Crippen molar-refractivity contribution in [3.8, 4) is 0 Å². The number of aromatic amines is 1. The molecule has 0 aromatic carbocycles. The van der Waals surface area contributed by atoms with Crippen molar-refractivity contribution in [2.75, 3.05) is 4.41 Å². The molecule has 0 bridgehead atoms. The fraction of sp³-hybridized carbons (Fsp3) is 0.0909. The molecule has 1 amide bonds. The summed E-state index contributed by atoms with van der Waals surface area (Å²) in [5.74, 6) is -2.46. The van der Waals surface area contributed by atoms with Crippen LogP contribution in [0.1, 0.15) is 5.56 Å². The van der Waals surface area contributed by atoms with Crippen LogP contribution in [0.2, 0.25) is 0 Å². The van der Waals surface area contributed by atoms with Gasteiger partial charge >= 0.3 is 16.4 Å². The average Bonchev–Trinajstić information content (AvgIpc) is 3.05. The fourth-order valence-corrected chi connectivity index (χ4v) is 3.29. The number of alkyl halides is 3. The standard InChI is InChI=1S/C11H8F8N6O2S2/c1-5(2-3-7(26)23-27)6-4-28-25(24-20-6)9-8(11(12,13)14)10(22-21-9)29(15,16,17,18)19/h2-4,27H,1H2,(H,21,22)(H,23,26)/b3-2+. The lowest BCUT2D eigenvalue weighted by atomic mass is 10.2. The van der Waals surface area contributed by atoms with E-state index in [0.29, 0.717) is 0 Å². The molecular weight excluding hydrogens is 464 g/mol. The summed E-state index contributed by atoms with van der Waals surface area (Å²) >= 11 is 0.241. The zero-order valence-corrected chi connectivity index (χ0v) is 15.1. The summed E-state index contributed by atoms with van der Waals surface area (Å²) in [6.45, 7) is 3.45. The molecule has 18 heteroatoms. The Balaban J connectivity index is 2.38. The molecule has 0 atom stereocenters. The van der Waals surface area contributed by atoms with Crippen molar-refractivity contribution >= 4 is 33.9 Å². The molecule has 1 aliphatic rings. The predicted molar refractivity (Wildman–Crippen MR) is 86.2 cm³/mol. The summed E-state index contributed by atoms with van der Waals surface area (Å²) in [5.41, 5.74) is -1.61. The van der Waals surface area contributed by atoms with Gasteiger partial charge in [-0.1, -0.05) is 31.2 Å². The SMILES string of the molecule is C=C(/C=C/C(=O)NO)C1=CSN(c2[nH]nc(S(F)(F)(F)(F)F)c2C(F)(F)F)N=N1. The highest BCUT2D eigenvalue weighted by atomic mass is 32.5. The lowest BCUT2D eigenvalue weighted by Crippen LogP contribution is -2.18. The number of H-pyrrole nitrogens is 1. The van der Waals surface area contributed by atoms with Gasteiger partial charge in [-0.25, -0.2) is 5.48 Å². The van der Waals surface area contributed by atoms with Gasteiger partial charge in [0, 0.05) is 23.4 Å². The Morgan fingerprint density at radius 3 is 2.34 bits per heavy atom. The van der Waals surface area contributed by atoms with Crippen LogP contribution in [-0.4, -0.2) is 21.3 Å². The number of hydrogen-bond acceptors (Lipinski definition) is 7. The van der Waals surface area contributed by atoms with Crippen LogP contribution >= 0.6 is 22.2 Å². The first kappa shape index (κ1) is 22.7. The smallest absolute Gasteiger partial charge is 0.288 e. The molecule has 2 rings (SSSR count). The van der Waals surface area contributed by atoms with E-state index in [0.717, 1.165) is 17.6 Å². The van der Waals surface area contributed by atoms with Crippen LogP contribution in [-0.2, 0) is 11.0 Å². The molecule has 1 aliphatic heterocycles. The largest absolute Gasteiger partial charge is 0.423 e. The van der Waals surface area contributed by atoms with Crippen molar-refractivity contribution < 1.29 is 42.6 Å². The Morgan fingerprint density at radius 1 is 1.28 bits per heavy atom. The Kier molecular flexibility index (Phi) is 5.05. The number of nitrogens with one attached hydrogen (secondary N) is 2. The number of amides is 1. The lowest BCUT2D eigenvalue weighted by Gasteiger charge is -2.39. The van der Waals surface area contributed by atoms with Crippen LogP contribution in [0.15, 0.2) is 50.8 Å². The monoisotopic (exact) mass is 472 g/mol. The molecule has 162 valence electrons. The average molecular weight is 472 g/mol. The third kappa shape index (κ3) is 5.26. The molecule has 1 aromatic rings. The van der Waals surface area contributed by atoms with Gasteiger partial charge in [0.1, 0.15) is 11.3 Å². The molecule has 2 heterocycles. The molecule has 3 N–H and O–H groups in total. The molecule has 0 saturated carbocycles. The summed E-state index contributed by atoms with van der Waals surface area (Å²) < 4.78 is 104. The minimum absolute atomic E-state index is 0.0159. The minimum atomic E-state index is -10.8. The van der Waals surface area contributed by atoms with E-state index in [-0.39, 0.29) is 27.6 Å². The Hall–Kier alpha value is -2.60. The van der Waals surface area contributed by atoms with Crippen LogP contribution in [0.4, 0.5) is 38.4 Å². The van der Waals surface area contributed by atoms with Gasteiger partial charge in [0.05, 0.1) is 0 Å². The Labute approximate surface area is 159 Å². The summed E-state index contributed by atoms with van der Waals surface area (Å²) in [6.07, 6.45) is -4.00. The fourth-order valence-electron chi connectivity index (χ4n) is 1.76. The van der Waals surface area contributed by atoms with Crippen molar-refractivity contribution in [3.05, 3.63) is 41.0 Å². The molecule has 0 fully saturated rings. The van der Waals surface area contributed by atoms with E-state index in [9.17, 15) is 37.4 Å². The molecule has 8 nitrogen and oxygen atoms in total. The zero-order valence-electron chi connectivity index (χ0n) is 13.4. The Morgan fingerprint density at radius 2 is 1.90 bits per heavy atom. The summed E-state index contributed by atoms with van der Waals surface area (Å²) in [5, 5.41) is 15.9. The quantitative estimate of drug-likeness (QED) is 0.133. The third-order valence-electron chi connectivity index (χ3n) is 2.93. The first-order valence-electron chi connectivity index (χ1n) is 6.74. The molecule has 0 unspecified atom stereocenters. The Bertz CT molecular complexity index is 950. The normalized spacial score (nSPS) is 17.7. The third-order valence-corrected chi connectivity index (χ3v) is 4.74. The van der Waals surface area contributed by atoms with Crippen LogP contribution in [0.5, 0.6) is 0 Å². The van der Waals surface area contributed by atoms with Crippen LogP contribution < -0.4 is 9.89 Å². The molecule has 1 aromatic heterocycles. The summed E-state index contributed by atoms with van der Waals surface area (Å²) in [4.78, 5) is 10.9.